The highest BCUT2D eigenvalue weighted by Crippen LogP contribution is 2.30. The number of fused-ring (bicyclic) bond motifs is 1. The van der Waals surface area contributed by atoms with Crippen molar-refractivity contribution in [1.82, 2.24) is 15.3 Å². The molecule has 2 unspecified atom stereocenters. The molecule has 4 rings (SSSR count). The SMILES string of the molecule is CCOc1ccccc1C(NC(=O)c1ccc2nc(-c3ccc(Cl)cc3)c(CCCCC(=O)O)nc2c1)C(O)CC. The number of para-hydroxylation sites is 1. The molecule has 3 aromatic carbocycles. The maximum atomic E-state index is 13.5. The van der Waals surface area contributed by atoms with Gasteiger partial charge in [0.05, 0.1) is 41.2 Å². The molecule has 214 valence electrons. The van der Waals surface area contributed by atoms with Gasteiger partial charge in [-0.3, -0.25) is 9.59 Å². The number of unbranched alkanes of at least 4 members (excludes halogenated alkanes) is 1. The molecule has 41 heavy (non-hydrogen) atoms. The predicted molar refractivity (Wildman–Crippen MR) is 159 cm³/mol. The average Bonchev–Trinajstić information content (AvgIpc) is 2.98. The largest absolute Gasteiger partial charge is 0.494 e. The molecule has 4 aromatic rings. The van der Waals surface area contributed by atoms with Crippen LogP contribution in [0, 0.1) is 0 Å². The number of aliphatic carboxylic acids is 1. The number of amides is 1. The van der Waals surface area contributed by atoms with E-state index in [2.05, 4.69) is 5.32 Å². The first kappa shape index (κ1) is 30.0. The molecule has 3 N–H and O–H groups in total. The van der Waals surface area contributed by atoms with Gasteiger partial charge >= 0.3 is 5.97 Å². The number of benzene rings is 3. The molecule has 0 saturated heterocycles. The van der Waals surface area contributed by atoms with E-state index in [4.69, 9.17) is 31.4 Å². The van der Waals surface area contributed by atoms with Crippen molar-refractivity contribution in [2.24, 2.45) is 0 Å². The molecule has 0 saturated carbocycles. The van der Waals surface area contributed by atoms with Gasteiger partial charge < -0.3 is 20.3 Å². The first-order valence-electron chi connectivity index (χ1n) is 13.8. The maximum Gasteiger partial charge on any atom is 0.303 e. The van der Waals surface area contributed by atoms with Crippen LogP contribution in [-0.4, -0.2) is 44.8 Å². The van der Waals surface area contributed by atoms with E-state index in [0.29, 0.717) is 76.6 Å². The van der Waals surface area contributed by atoms with Crippen molar-refractivity contribution in [1.29, 1.82) is 0 Å². The monoisotopic (exact) mass is 575 g/mol. The summed E-state index contributed by atoms with van der Waals surface area (Å²) in [7, 11) is 0. The van der Waals surface area contributed by atoms with Crippen LogP contribution in [0.3, 0.4) is 0 Å². The molecule has 0 aliphatic carbocycles. The third kappa shape index (κ3) is 7.60. The highest BCUT2D eigenvalue weighted by molar-refractivity contribution is 6.30. The summed E-state index contributed by atoms with van der Waals surface area (Å²) in [6, 6.07) is 19.1. The summed E-state index contributed by atoms with van der Waals surface area (Å²) >= 11 is 6.09. The van der Waals surface area contributed by atoms with E-state index in [1.54, 1.807) is 30.3 Å². The summed E-state index contributed by atoms with van der Waals surface area (Å²) < 4.78 is 5.76. The fourth-order valence-corrected chi connectivity index (χ4v) is 4.81. The smallest absolute Gasteiger partial charge is 0.303 e. The number of carbonyl (C=O) groups excluding carboxylic acids is 1. The molecule has 0 aliphatic rings. The number of aliphatic hydroxyl groups is 1. The van der Waals surface area contributed by atoms with Crippen molar-refractivity contribution >= 4 is 34.5 Å². The Bertz CT molecular complexity index is 1510. The Kier molecular flexibility index (Phi) is 10.3. The Morgan fingerprint density at radius 3 is 2.44 bits per heavy atom. The molecule has 9 heteroatoms. The van der Waals surface area contributed by atoms with Gasteiger partial charge in [0.15, 0.2) is 0 Å². The third-order valence-electron chi connectivity index (χ3n) is 6.81. The zero-order valence-electron chi connectivity index (χ0n) is 23.1. The minimum Gasteiger partial charge on any atom is -0.494 e. The minimum atomic E-state index is -0.835. The predicted octanol–water partition coefficient (Wildman–Crippen LogP) is 6.39. The van der Waals surface area contributed by atoms with Gasteiger partial charge in [-0.2, -0.15) is 0 Å². The summed E-state index contributed by atoms with van der Waals surface area (Å²) in [5.41, 5.74) is 4.51. The summed E-state index contributed by atoms with van der Waals surface area (Å²) in [6.45, 7) is 4.20. The molecule has 8 nitrogen and oxygen atoms in total. The fraction of sp³-hybridized carbons (Fsp3) is 0.312. The second-order valence-electron chi connectivity index (χ2n) is 9.73. The van der Waals surface area contributed by atoms with Crippen molar-refractivity contribution in [2.45, 2.75) is 58.1 Å². The van der Waals surface area contributed by atoms with Crippen molar-refractivity contribution in [2.75, 3.05) is 6.61 Å². The normalized spacial score (nSPS) is 12.6. The number of nitrogens with one attached hydrogen (secondary N) is 1. The lowest BCUT2D eigenvalue weighted by molar-refractivity contribution is -0.137. The van der Waals surface area contributed by atoms with Crippen LogP contribution >= 0.6 is 11.6 Å². The number of carbonyl (C=O) groups is 2. The van der Waals surface area contributed by atoms with Crippen LogP contribution in [0.5, 0.6) is 5.75 Å². The second-order valence-corrected chi connectivity index (χ2v) is 10.2. The van der Waals surface area contributed by atoms with Crippen LogP contribution in [0.2, 0.25) is 5.02 Å². The Hall–Kier alpha value is -4.01. The topological polar surface area (TPSA) is 122 Å². The van der Waals surface area contributed by atoms with Crippen LogP contribution in [-0.2, 0) is 11.2 Å². The summed E-state index contributed by atoms with van der Waals surface area (Å²) in [6.07, 6.45) is 1.38. The molecule has 0 bridgehead atoms. The zero-order chi connectivity index (χ0) is 29.4. The number of aryl methyl sites for hydroxylation is 1. The van der Waals surface area contributed by atoms with Crippen LogP contribution in [0.25, 0.3) is 22.3 Å². The van der Waals surface area contributed by atoms with Gasteiger partial charge in [0.25, 0.3) is 5.91 Å². The van der Waals surface area contributed by atoms with Gasteiger partial charge in [0.2, 0.25) is 0 Å². The van der Waals surface area contributed by atoms with Gasteiger partial charge in [-0.15, -0.1) is 0 Å². The number of hydrogen-bond donors (Lipinski definition) is 3. The van der Waals surface area contributed by atoms with E-state index in [-0.39, 0.29) is 12.3 Å². The quantitative estimate of drug-likeness (QED) is 0.158. The van der Waals surface area contributed by atoms with Gasteiger partial charge in [-0.05, 0) is 69.0 Å². The lowest BCUT2D eigenvalue weighted by Gasteiger charge is -2.25. The summed E-state index contributed by atoms with van der Waals surface area (Å²) in [5, 5.41) is 23.4. The van der Waals surface area contributed by atoms with Gasteiger partial charge in [-0.1, -0.05) is 48.9 Å². The zero-order valence-corrected chi connectivity index (χ0v) is 23.9. The summed E-state index contributed by atoms with van der Waals surface area (Å²) in [5.74, 6) is -0.583. The maximum absolute atomic E-state index is 13.5. The van der Waals surface area contributed by atoms with E-state index < -0.39 is 18.1 Å². The average molecular weight is 576 g/mol. The number of halogens is 1. The summed E-state index contributed by atoms with van der Waals surface area (Å²) in [4.78, 5) is 34.2. The van der Waals surface area contributed by atoms with Crippen LogP contribution < -0.4 is 10.1 Å². The molecule has 0 radical (unpaired) electrons. The second kappa shape index (κ2) is 14.1. The van der Waals surface area contributed by atoms with Crippen molar-refractivity contribution in [3.05, 3.63) is 88.6 Å². The Labute approximate surface area is 244 Å². The first-order chi connectivity index (χ1) is 19.8. The molecule has 0 fully saturated rings. The van der Waals surface area contributed by atoms with E-state index in [9.17, 15) is 14.7 Å². The number of rotatable bonds is 13. The van der Waals surface area contributed by atoms with Crippen LogP contribution in [0.4, 0.5) is 0 Å². The van der Waals surface area contributed by atoms with Crippen LogP contribution in [0.15, 0.2) is 66.7 Å². The molecule has 1 heterocycles. The van der Waals surface area contributed by atoms with Gasteiger partial charge in [0.1, 0.15) is 5.75 Å². The van der Waals surface area contributed by atoms with Crippen molar-refractivity contribution < 1.29 is 24.5 Å². The number of carboxylic acid groups (broad SMARTS) is 1. The molecule has 1 amide bonds. The number of carboxylic acids is 1. The first-order valence-corrected chi connectivity index (χ1v) is 14.2. The number of hydrogen-bond acceptors (Lipinski definition) is 6. The number of nitrogens with zero attached hydrogens (tertiary/aromatic N) is 2. The van der Waals surface area contributed by atoms with Gasteiger partial charge in [-0.25, -0.2) is 9.97 Å². The lowest BCUT2D eigenvalue weighted by Crippen LogP contribution is -2.36. The Balaban J connectivity index is 1.67. The van der Waals surface area contributed by atoms with E-state index in [0.717, 1.165) is 5.56 Å². The standard InChI is InChI=1S/C32H34ClN3O5/c1-3-27(37)31(23-9-5-7-11-28(23)41-4-2)36-32(40)21-15-18-24-26(19-21)34-25(10-6-8-12-29(38)39)30(35-24)20-13-16-22(33)17-14-20/h5,7,9,11,13-19,27,31,37H,3-4,6,8,10,12H2,1-2H3,(H,36,40)(H,38,39). The van der Waals surface area contributed by atoms with E-state index >= 15 is 0 Å². The Morgan fingerprint density at radius 2 is 1.73 bits per heavy atom. The highest BCUT2D eigenvalue weighted by atomic mass is 35.5. The number of aromatic nitrogens is 2. The van der Waals surface area contributed by atoms with Gasteiger partial charge in [0, 0.05) is 28.1 Å². The van der Waals surface area contributed by atoms with E-state index in [1.165, 1.54) is 0 Å². The fourth-order valence-electron chi connectivity index (χ4n) is 4.68. The molecule has 2 atom stereocenters. The van der Waals surface area contributed by atoms with Crippen LogP contribution in [0.1, 0.15) is 67.2 Å². The number of aliphatic hydroxyl groups excluding tert-OH is 1. The molecule has 1 aromatic heterocycles. The molecular weight excluding hydrogens is 542 g/mol. The Morgan fingerprint density at radius 1 is 0.976 bits per heavy atom. The third-order valence-corrected chi connectivity index (χ3v) is 7.07. The molecule has 0 spiro atoms. The van der Waals surface area contributed by atoms with E-state index in [1.807, 2.05) is 50.2 Å². The number of ether oxygens (including phenoxy) is 1. The molecular formula is C32H34ClN3O5. The van der Waals surface area contributed by atoms with Crippen molar-refractivity contribution in [3.8, 4) is 17.0 Å². The molecule has 0 aliphatic heterocycles. The lowest BCUT2D eigenvalue weighted by atomic mass is 9.98. The highest BCUT2D eigenvalue weighted by Gasteiger charge is 2.26. The van der Waals surface area contributed by atoms with Crippen molar-refractivity contribution in [3.63, 3.8) is 0 Å². The minimum absolute atomic E-state index is 0.0822.